The van der Waals surface area contributed by atoms with E-state index in [0.717, 1.165) is 59.8 Å². The molecule has 3 aromatic carbocycles. The standard InChI is InChI=1S/C32H34N4O2/c1-4-13-26-25(21-35(33-26)22-15-8-6-9-16-22)29-24-19-12-20-28(37-3)31(24)38-32-30(29)27(14-5-2)34-36(32)23-17-10-7-11-18-23/h6-12,15-21,29-30,32H,4-5,13-14H2,1-3H3. The van der Waals surface area contributed by atoms with Crippen molar-refractivity contribution >= 4 is 11.4 Å². The highest BCUT2D eigenvalue weighted by Gasteiger charge is 2.50. The number of methoxy groups -OCH3 is 1. The van der Waals surface area contributed by atoms with Crippen LogP contribution in [0.2, 0.25) is 0 Å². The van der Waals surface area contributed by atoms with Crippen LogP contribution in [0, 0.1) is 5.92 Å². The van der Waals surface area contributed by atoms with E-state index in [0.29, 0.717) is 0 Å². The van der Waals surface area contributed by atoms with Crippen LogP contribution in [-0.2, 0) is 6.42 Å². The number of hydrazone groups is 1. The van der Waals surface area contributed by atoms with Crippen molar-refractivity contribution in [3.8, 4) is 17.2 Å². The van der Waals surface area contributed by atoms with E-state index in [1.165, 1.54) is 11.3 Å². The molecule has 3 atom stereocenters. The number of fused-ring (bicyclic) bond motifs is 2. The van der Waals surface area contributed by atoms with E-state index in [1.54, 1.807) is 7.11 Å². The molecule has 0 radical (unpaired) electrons. The van der Waals surface area contributed by atoms with Gasteiger partial charge in [0.05, 0.1) is 30.1 Å². The summed E-state index contributed by atoms with van der Waals surface area (Å²) < 4.78 is 14.7. The van der Waals surface area contributed by atoms with Gasteiger partial charge in [0.1, 0.15) is 0 Å². The molecule has 0 bridgehead atoms. The summed E-state index contributed by atoms with van der Waals surface area (Å²) >= 11 is 0. The zero-order chi connectivity index (χ0) is 26.1. The summed E-state index contributed by atoms with van der Waals surface area (Å²) in [5.74, 6) is 1.64. The van der Waals surface area contributed by atoms with Gasteiger partial charge in [-0.2, -0.15) is 10.2 Å². The van der Waals surface area contributed by atoms with Gasteiger partial charge >= 0.3 is 0 Å². The molecule has 3 unspecified atom stereocenters. The average molecular weight is 507 g/mol. The maximum absolute atomic E-state index is 6.82. The number of nitrogens with zero attached hydrogens (tertiary/aromatic N) is 4. The number of aryl methyl sites for hydroxylation is 1. The molecule has 0 aliphatic carbocycles. The highest BCUT2D eigenvalue weighted by atomic mass is 16.5. The Bertz CT molecular complexity index is 1430. The second-order valence-electron chi connectivity index (χ2n) is 9.97. The van der Waals surface area contributed by atoms with Gasteiger partial charge in [0.25, 0.3) is 0 Å². The number of anilines is 1. The third kappa shape index (κ3) is 4.14. The maximum atomic E-state index is 6.82. The van der Waals surface area contributed by atoms with Crippen LogP contribution in [0.3, 0.4) is 0 Å². The smallest absolute Gasteiger partial charge is 0.201 e. The monoisotopic (exact) mass is 506 g/mol. The van der Waals surface area contributed by atoms with Gasteiger partial charge in [-0.3, -0.25) is 0 Å². The van der Waals surface area contributed by atoms with E-state index in [1.807, 2.05) is 22.9 Å². The van der Waals surface area contributed by atoms with Gasteiger partial charge in [0.15, 0.2) is 11.5 Å². The first-order valence-corrected chi connectivity index (χ1v) is 13.6. The first-order chi connectivity index (χ1) is 18.7. The molecule has 0 spiro atoms. The normalized spacial score (nSPS) is 19.9. The molecule has 6 rings (SSSR count). The number of rotatable bonds is 8. The van der Waals surface area contributed by atoms with E-state index in [4.69, 9.17) is 19.7 Å². The number of para-hydroxylation sites is 3. The molecule has 0 amide bonds. The molecular formula is C32H34N4O2. The van der Waals surface area contributed by atoms with Crippen molar-refractivity contribution in [1.82, 2.24) is 9.78 Å². The Kier molecular flexibility index (Phi) is 6.62. The SMILES string of the molecule is CCCC1=NN(c2ccccc2)C2Oc3c(OC)cccc3C(c3cn(-c4ccccc4)nc3CCC)C12. The Morgan fingerprint density at radius 3 is 2.21 bits per heavy atom. The number of benzene rings is 3. The van der Waals surface area contributed by atoms with E-state index in [9.17, 15) is 0 Å². The van der Waals surface area contributed by atoms with Gasteiger partial charge in [0.2, 0.25) is 6.23 Å². The van der Waals surface area contributed by atoms with Crippen molar-refractivity contribution < 1.29 is 9.47 Å². The minimum atomic E-state index is -0.276. The summed E-state index contributed by atoms with van der Waals surface area (Å²) in [7, 11) is 1.71. The molecule has 0 saturated heterocycles. The van der Waals surface area contributed by atoms with Crippen molar-refractivity contribution in [2.75, 3.05) is 12.1 Å². The molecule has 2 aliphatic rings. The molecule has 3 heterocycles. The van der Waals surface area contributed by atoms with E-state index >= 15 is 0 Å². The van der Waals surface area contributed by atoms with E-state index in [2.05, 4.69) is 85.7 Å². The molecule has 194 valence electrons. The molecular weight excluding hydrogens is 472 g/mol. The second-order valence-corrected chi connectivity index (χ2v) is 9.97. The first-order valence-electron chi connectivity index (χ1n) is 13.6. The molecule has 6 heteroatoms. The Hall–Kier alpha value is -4.06. The Balaban J connectivity index is 1.56. The number of ether oxygens (including phenoxy) is 2. The van der Waals surface area contributed by atoms with Crippen LogP contribution in [0.1, 0.15) is 55.8 Å². The van der Waals surface area contributed by atoms with Crippen molar-refractivity contribution in [3.05, 3.63) is 102 Å². The van der Waals surface area contributed by atoms with E-state index < -0.39 is 0 Å². The fraction of sp³-hybridized carbons (Fsp3) is 0.312. The molecule has 0 saturated carbocycles. The maximum Gasteiger partial charge on any atom is 0.201 e. The highest BCUT2D eigenvalue weighted by molar-refractivity contribution is 5.93. The van der Waals surface area contributed by atoms with Gasteiger partial charge in [0, 0.05) is 29.0 Å². The van der Waals surface area contributed by atoms with Gasteiger partial charge in [-0.25, -0.2) is 9.69 Å². The fourth-order valence-corrected chi connectivity index (χ4v) is 5.88. The van der Waals surface area contributed by atoms with Gasteiger partial charge in [-0.1, -0.05) is 75.2 Å². The zero-order valence-electron chi connectivity index (χ0n) is 22.2. The number of aromatic nitrogens is 2. The van der Waals surface area contributed by atoms with Crippen molar-refractivity contribution in [1.29, 1.82) is 0 Å². The summed E-state index contributed by atoms with van der Waals surface area (Å²) in [5.41, 5.74) is 6.76. The highest BCUT2D eigenvalue weighted by Crippen LogP contribution is 2.52. The third-order valence-corrected chi connectivity index (χ3v) is 7.52. The first kappa shape index (κ1) is 24.3. The molecule has 38 heavy (non-hydrogen) atoms. The topological polar surface area (TPSA) is 51.9 Å². The summed E-state index contributed by atoms with van der Waals surface area (Å²) in [6, 6.07) is 26.9. The van der Waals surface area contributed by atoms with Crippen LogP contribution in [0.5, 0.6) is 11.5 Å². The zero-order valence-corrected chi connectivity index (χ0v) is 22.2. The Labute approximate surface area is 224 Å². The lowest BCUT2D eigenvalue weighted by molar-refractivity contribution is 0.135. The summed E-state index contributed by atoms with van der Waals surface area (Å²) in [5, 5.41) is 12.4. The van der Waals surface area contributed by atoms with Crippen molar-refractivity contribution in [2.24, 2.45) is 11.0 Å². The summed E-state index contributed by atoms with van der Waals surface area (Å²) in [6.07, 6.45) is 5.82. The molecule has 1 aromatic heterocycles. The lowest BCUT2D eigenvalue weighted by atomic mass is 9.74. The predicted octanol–water partition coefficient (Wildman–Crippen LogP) is 6.98. The van der Waals surface area contributed by atoms with Gasteiger partial charge < -0.3 is 9.47 Å². The summed E-state index contributed by atoms with van der Waals surface area (Å²) in [6.45, 7) is 4.43. The Morgan fingerprint density at radius 2 is 1.53 bits per heavy atom. The van der Waals surface area contributed by atoms with Gasteiger partial charge in [-0.15, -0.1) is 0 Å². The van der Waals surface area contributed by atoms with Crippen molar-refractivity contribution in [3.63, 3.8) is 0 Å². The number of hydrogen-bond acceptors (Lipinski definition) is 5. The lowest BCUT2D eigenvalue weighted by Gasteiger charge is -2.39. The predicted molar refractivity (Wildman–Crippen MR) is 152 cm³/mol. The minimum absolute atomic E-state index is 0.0388. The molecule has 4 aromatic rings. The van der Waals surface area contributed by atoms with Crippen LogP contribution >= 0.6 is 0 Å². The van der Waals surface area contributed by atoms with Crippen LogP contribution in [0.4, 0.5) is 5.69 Å². The lowest BCUT2D eigenvalue weighted by Crippen LogP contribution is -2.45. The molecule has 0 N–H and O–H groups in total. The molecule has 6 nitrogen and oxygen atoms in total. The fourth-order valence-electron chi connectivity index (χ4n) is 5.88. The van der Waals surface area contributed by atoms with Crippen molar-refractivity contribution in [2.45, 2.75) is 51.7 Å². The minimum Gasteiger partial charge on any atom is -0.493 e. The van der Waals surface area contributed by atoms with Gasteiger partial charge in [-0.05, 0) is 43.2 Å². The second kappa shape index (κ2) is 10.4. The van der Waals surface area contributed by atoms with Crippen LogP contribution in [0.15, 0.2) is 90.2 Å². The Morgan fingerprint density at radius 1 is 0.816 bits per heavy atom. The number of hydrogen-bond donors (Lipinski definition) is 0. The third-order valence-electron chi connectivity index (χ3n) is 7.52. The average Bonchev–Trinajstić information content (AvgIpc) is 3.54. The molecule has 2 aliphatic heterocycles. The largest absolute Gasteiger partial charge is 0.493 e. The van der Waals surface area contributed by atoms with Crippen LogP contribution in [-0.4, -0.2) is 28.8 Å². The van der Waals surface area contributed by atoms with Crippen LogP contribution in [0.25, 0.3) is 5.69 Å². The quantitative estimate of drug-likeness (QED) is 0.259. The van der Waals surface area contributed by atoms with Crippen LogP contribution < -0.4 is 14.5 Å². The van der Waals surface area contributed by atoms with E-state index in [-0.39, 0.29) is 18.1 Å². The summed E-state index contributed by atoms with van der Waals surface area (Å²) in [4.78, 5) is 0. The molecule has 0 fully saturated rings.